The van der Waals surface area contributed by atoms with Crippen molar-refractivity contribution in [3.05, 3.63) is 30.9 Å². The smallest absolute Gasteiger partial charge is 0.143 e. The van der Waals surface area contributed by atoms with Crippen LogP contribution >= 0.6 is 0 Å². The summed E-state index contributed by atoms with van der Waals surface area (Å²) in [5, 5.41) is 13.4. The van der Waals surface area contributed by atoms with Crippen molar-refractivity contribution in [2.75, 3.05) is 5.73 Å². The molecular formula is C8H8N4O. The lowest BCUT2D eigenvalue weighted by Crippen LogP contribution is -1.95. The molecule has 0 aliphatic carbocycles. The van der Waals surface area contributed by atoms with Crippen LogP contribution in [0.5, 0.6) is 5.75 Å². The zero-order valence-corrected chi connectivity index (χ0v) is 6.75. The summed E-state index contributed by atoms with van der Waals surface area (Å²) >= 11 is 0. The average Bonchev–Trinajstić information content (AvgIpc) is 2.56. The predicted octanol–water partition coefficient (Wildman–Crippen LogP) is 0.555. The minimum atomic E-state index is 0.0884. The Kier molecular flexibility index (Phi) is 1.63. The predicted molar refractivity (Wildman–Crippen MR) is 47.4 cm³/mol. The molecule has 5 nitrogen and oxygen atoms in total. The summed E-state index contributed by atoms with van der Waals surface area (Å²) in [6, 6.07) is 4.84. The molecule has 0 bridgehead atoms. The summed E-state index contributed by atoms with van der Waals surface area (Å²) < 4.78 is 1.47. The van der Waals surface area contributed by atoms with Gasteiger partial charge in [0.15, 0.2) is 0 Å². The van der Waals surface area contributed by atoms with Crippen molar-refractivity contribution >= 4 is 5.69 Å². The maximum atomic E-state index is 9.49. The van der Waals surface area contributed by atoms with Crippen molar-refractivity contribution in [3.8, 4) is 11.4 Å². The molecule has 0 saturated heterocycles. The fourth-order valence-electron chi connectivity index (χ4n) is 1.07. The van der Waals surface area contributed by atoms with Crippen molar-refractivity contribution in [2.45, 2.75) is 0 Å². The molecule has 0 atom stereocenters. The summed E-state index contributed by atoms with van der Waals surface area (Å²) in [6.07, 6.45) is 2.90. The van der Waals surface area contributed by atoms with E-state index in [1.54, 1.807) is 12.1 Å². The highest BCUT2D eigenvalue weighted by atomic mass is 16.3. The monoisotopic (exact) mass is 176 g/mol. The summed E-state index contributed by atoms with van der Waals surface area (Å²) in [4.78, 5) is 3.77. The first-order valence-electron chi connectivity index (χ1n) is 3.71. The number of hydrogen-bond acceptors (Lipinski definition) is 4. The van der Waals surface area contributed by atoms with Crippen LogP contribution in [-0.4, -0.2) is 19.9 Å². The summed E-state index contributed by atoms with van der Waals surface area (Å²) in [7, 11) is 0. The molecule has 0 amide bonds. The van der Waals surface area contributed by atoms with Gasteiger partial charge in [0.2, 0.25) is 0 Å². The molecule has 0 saturated carbocycles. The third-order valence-electron chi connectivity index (χ3n) is 1.67. The van der Waals surface area contributed by atoms with E-state index in [9.17, 15) is 5.11 Å². The molecule has 1 heterocycles. The number of aromatic hydroxyl groups is 1. The number of phenolic OH excluding ortho intramolecular Hbond substituents is 1. The molecule has 0 fully saturated rings. The Morgan fingerprint density at radius 3 is 2.85 bits per heavy atom. The van der Waals surface area contributed by atoms with Gasteiger partial charge in [0, 0.05) is 11.8 Å². The van der Waals surface area contributed by atoms with Crippen LogP contribution in [0.25, 0.3) is 5.69 Å². The van der Waals surface area contributed by atoms with Crippen molar-refractivity contribution in [1.29, 1.82) is 0 Å². The van der Waals surface area contributed by atoms with Crippen LogP contribution in [0, 0.1) is 0 Å². The lowest BCUT2D eigenvalue weighted by Gasteiger charge is -2.03. The Morgan fingerprint density at radius 1 is 1.38 bits per heavy atom. The van der Waals surface area contributed by atoms with Crippen LogP contribution < -0.4 is 5.73 Å². The first kappa shape index (κ1) is 7.60. The van der Waals surface area contributed by atoms with Gasteiger partial charge in [-0.2, -0.15) is 5.10 Å². The molecule has 66 valence electrons. The topological polar surface area (TPSA) is 77.0 Å². The molecule has 2 rings (SSSR count). The van der Waals surface area contributed by atoms with E-state index in [2.05, 4.69) is 10.1 Å². The number of anilines is 1. The summed E-state index contributed by atoms with van der Waals surface area (Å²) in [5.74, 6) is 0.0884. The number of rotatable bonds is 1. The third kappa shape index (κ3) is 1.31. The Labute approximate surface area is 74.4 Å². The van der Waals surface area contributed by atoms with Crippen LogP contribution in [0.3, 0.4) is 0 Å². The van der Waals surface area contributed by atoms with Crippen molar-refractivity contribution in [2.24, 2.45) is 0 Å². The van der Waals surface area contributed by atoms with E-state index in [-0.39, 0.29) is 5.75 Å². The van der Waals surface area contributed by atoms with Crippen LogP contribution in [0.2, 0.25) is 0 Å². The second-order valence-corrected chi connectivity index (χ2v) is 2.59. The number of nitrogens with zero attached hydrogens (tertiary/aromatic N) is 3. The maximum absolute atomic E-state index is 9.49. The number of phenols is 1. The average molecular weight is 176 g/mol. The Bertz CT molecular complexity index is 410. The van der Waals surface area contributed by atoms with Gasteiger partial charge in [-0.15, -0.1) is 0 Å². The molecule has 0 aliphatic rings. The molecule has 0 spiro atoms. The van der Waals surface area contributed by atoms with E-state index < -0.39 is 0 Å². The van der Waals surface area contributed by atoms with Crippen LogP contribution in [0.1, 0.15) is 0 Å². The fourth-order valence-corrected chi connectivity index (χ4v) is 1.07. The summed E-state index contributed by atoms with van der Waals surface area (Å²) in [6.45, 7) is 0. The lowest BCUT2D eigenvalue weighted by molar-refractivity contribution is 0.470. The second-order valence-electron chi connectivity index (χ2n) is 2.59. The largest absolute Gasteiger partial charge is 0.506 e. The van der Waals surface area contributed by atoms with Crippen molar-refractivity contribution in [3.63, 3.8) is 0 Å². The van der Waals surface area contributed by atoms with Crippen molar-refractivity contribution in [1.82, 2.24) is 14.8 Å². The Morgan fingerprint density at radius 2 is 2.23 bits per heavy atom. The number of nitrogens with two attached hydrogens (primary N) is 1. The molecular weight excluding hydrogens is 168 g/mol. The lowest BCUT2D eigenvalue weighted by atomic mass is 10.2. The molecule has 0 aliphatic heterocycles. The highest BCUT2D eigenvalue weighted by Gasteiger charge is 2.03. The van der Waals surface area contributed by atoms with E-state index in [4.69, 9.17) is 5.73 Å². The zero-order chi connectivity index (χ0) is 9.26. The molecule has 13 heavy (non-hydrogen) atoms. The van der Waals surface area contributed by atoms with Gasteiger partial charge in [-0.1, -0.05) is 0 Å². The molecule has 2 aromatic rings. The highest BCUT2D eigenvalue weighted by Crippen LogP contribution is 2.22. The first-order chi connectivity index (χ1) is 6.27. The van der Waals surface area contributed by atoms with Crippen molar-refractivity contribution < 1.29 is 5.11 Å². The second kappa shape index (κ2) is 2.78. The molecule has 0 radical (unpaired) electrons. The van der Waals surface area contributed by atoms with Gasteiger partial charge in [0.05, 0.1) is 0 Å². The van der Waals surface area contributed by atoms with E-state index in [1.807, 2.05) is 0 Å². The molecule has 5 heteroatoms. The van der Waals surface area contributed by atoms with Gasteiger partial charge in [-0.25, -0.2) is 9.67 Å². The molecule has 1 aromatic carbocycles. The normalized spacial score (nSPS) is 10.2. The number of benzene rings is 1. The molecule has 0 unspecified atom stereocenters. The van der Waals surface area contributed by atoms with Gasteiger partial charge in [0.25, 0.3) is 0 Å². The van der Waals surface area contributed by atoms with Crippen LogP contribution in [0.15, 0.2) is 30.9 Å². The molecule has 3 N–H and O–H groups in total. The quantitative estimate of drug-likeness (QED) is 0.622. The van der Waals surface area contributed by atoms with E-state index in [1.165, 1.54) is 23.4 Å². The standard InChI is InChI=1S/C8H8N4O/c9-6-1-2-7(8(13)3-6)12-5-10-4-11-12/h1-5,13H,9H2. The van der Waals surface area contributed by atoms with Gasteiger partial charge in [-0.3, -0.25) is 0 Å². The van der Waals surface area contributed by atoms with Crippen LogP contribution in [0.4, 0.5) is 5.69 Å². The fraction of sp³-hybridized carbons (Fsp3) is 0. The van der Waals surface area contributed by atoms with Crippen LogP contribution in [-0.2, 0) is 0 Å². The van der Waals surface area contributed by atoms with E-state index in [0.29, 0.717) is 11.4 Å². The highest BCUT2D eigenvalue weighted by molar-refractivity contribution is 5.54. The number of nitrogen functional groups attached to an aromatic ring is 1. The minimum Gasteiger partial charge on any atom is -0.506 e. The number of aromatic nitrogens is 3. The summed E-state index contributed by atoms with van der Waals surface area (Å²) in [5.41, 5.74) is 6.55. The van der Waals surface area contributed by atoms with Gasteiger partial charge in [-0.05, 0) is 12.1 Å². The molecule has 1 aromatic heterocycles. The van der Waals surface area contributed by atoms with Gasteiger partial charge < -0.3 is 10.8 Å². The Balaban J connectivity index is 2.53. The zero-order valence-electron chi connectivity index (χ0n) is 6.75. The SMILES string of the molecule is Nc1ccc(-n2cncn2)c(O)c1. The Hall–Kier alpha value is -2.04. The van der Waals surface area contributed by atoms with Gasteiger partial charge in [0.1, 0.15) is 24.1 Å². The maximum Gasteiger partial charge on any atom is 0.143 e. The first-order valence-corrected chi connectivity index (χ1v) is 3.71. The minimum absolute atomic E-state index is 0.0884. The van der Waals surface area contributed by atoms with Gasteiger partial charge >= 0.3 is 0 Å². The third-order valence-corrected chi connectivity index (χ3v) is 1.67. The number of hydrogen-bond donors (Lipinski definition) is 2. The van der Waals surface area contributed by atoms with E-state index in [0.717, 1.165) is 0 Å². The van der Waals surface area contributed by atoms with E-state index >= 15 is 0 Å².